The molecule has 0 spiro atoms. The molecule has 18 nitrogen and oxygen atoms in total. The summed E-state index contributed by atoms with van der Waals surface area (Å²) in [5.74, 6) is -1.49. The summed E-state index contributed by atoms with van der Waals surface area (Å²) in [7, 11) is 0. The molecule has 316 valence electrons. The van der Waals surface area contributed by atoms with Gasteiger partial charge in [-0.05, 0) is 76.1 Å². The number of aromatic hydroxyl groups is 1. The Labute approximate surface area is 326 Å². The fourth-order valence-corrected chi connectivity index (χ4v) is 6.42. The van der Waals surface area contributed by atoms with Crippen molar-refractivity contribution in [3.63, 3.8) is 0 Å². The average molecular weight is 796 g/mol. The lowest BCUT2D eigenvalue weighted by Crippen LogP contribution is -2.49. The second-order valence-corrected chi connectivity index (χ2v) is 14.5. The number of rotatable bonds is 18. The zero-order valence-electron chi connectivity index (χ0n) is 32.0. The highest BCUT2D eigenvalue weighted by Gasteiger charge is 2.32. The van der Waals surface area contributed by atoms with Gasteiger partial charge in [0.15, 0.2) is 0 Å². The Morgan fingerprint density at radius 1 is 0.625 bits per heavy atom. The molecule has 1 fully saturated rings. The van der Waals surface area contributed by atoms with Crippen molar-refractivity contribution >= 4 is 11.8 Å². The Kier molecular flexibility index (Phi) is 19.5. The first-order valence-electron chi connectivity index (χ1n) is 18.9. The molecule has 14 N–H and O–H groups in total. The van der Waals surface area contributed by atoms with E-state index in [0.717, 1.165) is 37.1 Å². The van der Waals surface area contributed by atoms with Gasteiger partial charge in [-0.25, -0.2) is 0 Å². The Hall–Kier alpha value is -3.34. The second kappa shape index (κ2) is 23.2. The van der Waals surface area contributed by atoms with Crippen molar-refractivity contribution in [2.24, 2.45) is 0 Å². The smallest absolute Gasteiger partial charge is 0.255 e. The van der Waals surface area contributed by atoms with Crippen LogP contribution in [-0.2, 0) is 13.1 Å². The van der Waals surface area contributed by atoms with E-state index in [1.807, 2.05) is 19.1 Å². The van der Waals surface area contributed by atoms with Gasteiger partial charge in [0.1, 0.15) is 42.4 Å². The number of hydrogen-bond donors (Lipinski definition) is 14. The van der Waals surface area contributed by atoms with Crippen LogP contribution in [-0.4, -0.2) is 192 Å². The van der Waals surface area contributed by atoms with Crippen molar-refractivity contribution in [2.45, 2.75) is 88.6 Å². The number of phenols is 1. The third-order valence-electron chi connectivity index (χ3n) is 9.86. The molecule has 0 aliphatic carbocycles. The maximum Gasteiger partial charge on any atom is 0.255 e. The number of nitrogens with one attached hydrogen (secondary N) is 3. The van der Waals surface area contributed by atoms with Crippen LogP contribution in [0.15, 0.2) is 30.3 Å². The van der Waals surface area contributed by atoms with Crippen LogP contribution < -0.4 is 16.0 Å². The summed E-state index contributed by atoms with van der Waals surface area (Å²) in [4.78, 5) is 30.9. The van der Waals surface area contributed by atoms with Crippen molar-refractivity contribution in [3.05, 3.63) is 63.7 Å². The number of nitrogens with zero attached hydrogens (tertiary/aromatic N) is 2. The first-order valence-corrected chi connectivity index (χ1v) is 18.9. The molecule has 56 heavy (non-hydrogen) atoms. The fraction of sp³-hybridized carbons (Fsp3) is 0.632. The summed E-state index contributed by atoms with van der Waals surface area (Å²) >= 11 is 0. The van der Waals surface area contributed by atoms with Gasteiger partial charge in [0.05, 0.1) is 31.0 Å². The molecular formula is C38H61N5O13. The van der Waals surface area contributed by atoms with E-state index in [1.54, 1.807) is 19.1 Å². The summed E-state index contributed by atoms with van der Waals surface area (Å²) in [6.45, 7) is 5.77. The summed E-state index contributed by atoms with van der Waals surface area (Å²) in [6.07, 6.45) is -12.4. The van der Waals surface area contributed by atoms with Crippen molar-refractivity contribution in [3.8, 4) is 5.75 Å². The van der Waals surface area contributed by atoms with Crippen molar-refractivity contribution in [2.75, 3.05) is 65.6 Å². The van der Waals surface area contributed by atoms with E-state index in [-0.39, 0.29) is 11.3 Å². The van der Waals surface area contributed by atoms with Crippen LogP contribution in [0.4, 0.5) is 0 Å². The molecule has 2 aromatic rings. The minimum Gasteiger partial charge on any atom is -0.507 e. The molecule has 0 saturated carbocycles. The van der Waals surface area contributed by atoms with Crippen molar-refractivity contribution in [1.29, 1.82) is 0 Å². The molecule has 8 atom stereocenters. The Balaban J connectivity index is 1.72. The number of aliphatic hydroxyl groups is 10. The number of aliphatic hydroxyl groups excluding tert-OH is 10. The lowest BCUT2D eigenvalue weighted by atomic mass is 10.0. The number of aryl methyl sites for hydroxylation is 2. The van der Waals surface area contributed by atoms with Gasteiger partial charge >= 0.3 is 0 Å². The number of carbonyl (C=O) groups excluding carboxylic acids is 2. The molecule has 0 bridgehead atoms. The minimum absolute atomic E-state index is 0.0510. The predicted molar refractivity (Wildman–Crippen MR) is 204 cm³/mol. The van der Waals surface area contributed by atoms with E-state index >= 15 is 0 Å². The third-order valence-corrected chi connectivity index (χ3v) is 9.86. The maximum absolute atomic E-state index is 13.4. The van der Waals surface area contributed by atoms with Gasteiger partial charge in [-0.2, -0.15) is 0 Å². The highest BCUT2D eigenvalue weighted by Crippen LogP contribution is 2.26. The Morgan fingerprint density at radius 2 is 1.07 bits per heavy atom. The van der Waals surface area contributed by atoms with Crippen LogP contribution in [0.5, 0.6) is 5.75 Å². The number of phenolic OH excluding ortho intramolecular Hbond substituents is 1. The second-order valence-electron chi connectivity index (χ2n) is 14.5. The van der Waals surface area contributed by atoms with Gasteiger partial charge in [0, 0.05) is 50.4 Å². The molecule has 1 heterocycles. The molecule has 3 rings (SSSR count). The monoisotopic (exact) mass is 795 g/mol. The molecular weight excluding hydrogens is 734 g/mol. The number of benzene rings is 2. The first-order chi connectivity index (χ1) is 26.6. The van der Waals surface area contributed by atoms with E-state index in [9.17, 15) is 55.5 Å². The predicted octanol–water partition coefficient (Wildman–Crippen LogP) is -3.97. The zero-order valence-corrected chi connectivity index (χ0v) is 32.0. The zero-order chi connectivity index (χ0) is 41.5. The highest BCUT2D eigenvalue weighted by atomic mass is 16.4. The maximum atomic E-state index is 13.4. The van der Waals surface area contributed by atoms with Crippen LogP contribution in [0.3, 0.4) is 0 Å². The third kappa shape index (κ3) is 13.9. The van der Waals surface area contributed by atoms with Crippen LogP contribution >= 0.6 is 0 Å². The fourth-order valence-electron chi connectivity index (χ4n) is 6.42. The van der Waals surface area contributed by atoms with E-state index in [0.29, 0.717) is 56.0 Å². The average Bonchev–Trinajstić information content (AvgIpc) is 3.24. The molecule has 1 saturated heterocycles. The highest BCUT2D eigenvalue weighted by molar-refractivity contribution is 5.97. The van der Waals surface area contributed by atoms with Crippen molar-refractivity contribution < 1.29 is 65.8 Å². The molecule has 2 aromatic carbocycles. The SMILES string of the molecule is Cc1ccc(CN2CCCNCCCN(Cc3cc(C)cc(C(=O)NCC(O)C(O)C(O)C(O)CO)c3O)CC2)c(C(=O)NCC(O)C(O)C(O)C(O)CO)c1. The molecule has 0 radical (unpaired) electrons. The number of hydrogen-bond acceptors (Lipinski definition) is 16. The molecule has 2 amide bonds. The van der Waals surface area contributed by atoms with E-state index in [2.05, 4.69) is 25.8 Å². The summed E-state index contributed by atoms with van der Waals surface area (Å²) in [5.41, 5.74) is 3.04. The Morgan fingerprint density at radius 3 is 1.57 bits per heavy atom. The lowest BCUT2D eigenvalue weighted by Gasteiger charge is -2.28. The van der Waals surface area contributed by atoms with Crippen LogP contribution in [0.25, 0.3) is 0 Å². The normalized spacial score (nSPS) is 19.4. The van der Waals surface area contributed by atoms with Gasteiger partial charge in [-0.15, -0.1) is 0 Å². The molecule has 1 aliphatic heterocycles. The van der Waals surface area contributed by atoms with Crippen molar-refractivity contribution in [1.82, 2.24) is 25.8 Å². The van der Waals surface area contributed by atoms with Gasteiger partial charge in [-0.1, -0.05) is 23.8 Å². The quantitative estimate of drug-likeness (QED) is 0.0685. The molecule has 1 aliphatic rings. The van der Waals surface area contributed by atoms with Gasteiger partial charge in [-0.3, -0.25) is 19.4 Å². The van der Waals surface area contributed by atoms with E-state index < -0.39 is 86.9 Å². The largest absolute Gasteiger partial charge is 0.507 e. The summed E-state index contributed by atoms with van der Waals surface area (Å²) < 4.78 is 0. The molecule has 18 heteroatoms. The van der Waals surface area contributed by atoms with E-state index in [4.69, 9.17) is 10.2 Å². The molecule has 0 aromatic heterocycles. The van der Waals surface area contributed by atoms with Gasteiger partial charge in [0.25, 0.3) is 11.8 Å². The van der Waals surface area contributed by atoms with E-state index in [1.165, 1.54) is 6.07 Å². The summed E-state index contributed by atoms with van der Waals surface area (Å²) in [5, 5.41) is 118. The first kappa shape index (κ1) is 47.0. The van der Waals surface area contributed by atoms with Gasteiger partial charge < -0.3 is 72.1 Å². The standard InChI is InChI=1S/C38H61N5O13/c1-22-5-6-24(26(14-22)37(55)40-16-28(46)33(51)35(53)30(48)20-44)18-42-9-3-7-39-8-4-10-43(12-11-42)19-25-13-23(2)15-27(32(25)50)38(56)41-17-29(47)34(52)36(54)31(49)21-45/h5-6,13-15,28-31,33-36,39,44-54H,3-4,7-12,16-21H2,1-2H3,(H,40,55)(H,41,56). The lowest BCUT2D eigenvalue weighted by molar-refractivity contribution is -0.113. The topological polar surface area (TPSA) is 299 Å². The minimum atomic E-state index is -1.86. The number of carbonyl (C=O) groups is 2. The van der Waals surface area contributed by atoms with Crippen LogP contribution in [0.2, 0.25) is 0 Å². The summed E-state index contributed by atoms with van der Waals surface area (Å²) in [6, 6.07) is 8.74. The number of amides is 2. The van der Waals surface area contributed by atoms with Crippen LogP contribution in [0, 0.1) is 13.8 Å². The van der Waals surface area contributed by atoms with Gasteiger partial charge in [0.2, 0.25) is 0 Å². The van der Waals surface area contributed by atoms with Crippen LogP contribution in [0.1, 0.15) is 55.8 Å². The Bertz CT molecular complexity index is 1540. The molecule has 8 unspecified atom stereocenters.